The third kappa shape index (κ3) is 3.67. The maximum Gasteiger partial charge on any atom is 0.238 e. The predicted octanol–water partition coefficient (Wildman–Crippen LogP) is 3.34. The summed E-state index contributed by atoms with van der Waals surface area (Å²) in [6.07, 6.45) is 9.29. The van der Waals surface area contributed by atoms with E-state index in [4.69, 9.17) is 9.47 Å². The Morgan fingerprint density at radius 1 is 1.19 bits per heavy atom. The molecule has 1 fully saturated rings. The second-order valence-electron chi connectivity index (χ2n) is 6.22. The highest BCUT2D eigenvalue weighted by molar-refractivity contribution is 5.33. The van der Waals surface area contributed by atoms with Gasteiger partial charge in [-0.3, -0.25) is 9.88 Å². The molecule has 0 saturated carbocycles. The maximum atomic E-state index is 5.85. The number of ether oxygens (including phenoxy) is 2. The lowest BCUT2D eigenvalue weighted by atomic mass is 10.1. The smallest absolute Gasteiger partial charge is 0.238 e. The summed E-state index contributed by atoms with van der Waals surface area (Å²) >= 11 is 0. The molecule has 0 aliphatic carbocycles. The summed E-state index contributed by atoms with van der Waals surface area (Å²) in [5, 5.41) is 0. The molecular weight excluding hydrogens is 330 g/mol. The van der Waals surface area contributed by atoms with Crippen LogP contribution in [0.1, 0.15) is 30.4 Å². The number of aromatic nitrogens is 4. The quantitative estimate of drug-likeness (QED) is 0.734. The molecule has 0 amide bonds. The van der Waals surface area contributed by atoms with Crippen LogP contribution in [-0.2, 0) is 6.54 Å². The van der Waals surface area contributed by atoms with Crippen LogP contribution in [0.4, 0.5) is 0 Å². The highest BCUT2D eigenvalue weighted by atomic mass is 16.5. The standard InChI is InChI=1S/C19H21N5O2/c1-25-14-4-6-15(7-5-14)26-19-12-20-11-16(23-19)17-3-2-10-24(17)13-18-21-8-9-22-18/h4-9,11-12,17H,2-3,10,13H2,1H3,(H,21,22)/t17-/m0/s1. The Balaban J connectivity index is 1.49. The Kier molecular flexibility index (Phi) is 4.79. The molecule has 3 aromatic rings. The van der Waals surface area contributed by atoms with Crippen molar-refractivity contribution in [1.29, 1.82) is 0 Å². The molecule has 2 aromatic heterocycles. The van der Waals surface area contributed by atoms with E-state index < -0.39 is 0 Å². The van der Waals surface area contributed by atoms with Crippen LogP contribution in [0.15, 0.2) is 49.1 Å². The zero-order valence-electron chi connectivity index (χ0n) is 14.6. The summed E-state index contributed by atoms with van der Waals surface area (Å²) in [4.78, 5) is 18.9. The molecule has 1 saturated heterocycles. The monoisotopic (exact) mass is 351 g/mol. The van der Waals surface area contributed by atoms with E-state index in [0.29, 0.717) is 11.6 Å². The van der Waals surface area contributed by atoms with E-state index in [2.05, 4.69) is 24.8 Å². The van der Waals surface area contributed by atoms with Crippen LogP contribution in [0, 0.1) is 0 Å². The fourth-order valence-electron chi connectivity index (χ4n) is 3.26. The third-order valence-electron chi connectivity index (χ3n) is 4.53. The number of nitrogens with zero attached hydrogens (tertiary/aromatic N) is 4. The van der Waals surface area contributed by atoms with E-state index in [1.807, 2.05) is 36.7 Å². The Bertz CT molecular complexity index is 835. The number of aromatic amines is 1. The van der Waals surface area contributed by atoms with E-state index in [1.165, 1.54) is 0 Å². The number of rotatable bonds is 6. The predicted molar refractivity (Wildman–Crippen MR) is 96.1 cm³/mol. The van der Waals surface area contributed by atoms with Crippen molar-refractivity contribution in [2.24, 2.45) is 0 Å². The fourth-order valence-corrected chi connectivity index (χ4v) is 3.26. The van der Waals surface area contributed by atoms with E-state index >= 15 is 0 Å². The van der Waals surface area contributed by atoms with Gasteiger partial charge in [0.25, 0.3) is 0 Å². The summed E-state index contributed by atoms with van der Waals surface area (Å²) < 4.78 is 11.0. The van der Waals surface area contributed by atoms with Crippen LogP contribution >= 0.6 is 0 Å². The van der Waals surface area contributed by atoms with Crippen molar-refractivity contribution in [1.82, 2.24) is 24.8 Å². The summed E-state index contributed by atoms with van der Waals surface area (Å²) in [5.74, 6) is 2.96. The van der Waals surface area contributed by atoms with Crippen LogP contribution < -0.4 is 9.47 Å². The van der Waals surface area contributed by atoms with Gasteiger partial charge in [-0.15, -0.1) is 0 Å². The molecular formula is C19H21N5O2. The Hall–Kier alpha value is -2.93. The molecule has 1 N–H and O–H groups in total. The Morgan fingerprint density at radius 2 is 2.04 bits per heavy atom. The molecule has 0 bridgehead atoms. The van der Waals surface area contributed by atoms with Crippen molar-refractivity contribution in [2.75, 3.05) is 13.7 Å². The van der Waals surface area contributed by atoms with Crippen molar-refractivity contribution in [2.45, 2.75) is 25.4 Å². The Labute approximate surface area is 152 Å². The summed E-state index contributed by atoms with van der Waals surface area (Å²) in [5.41, 5.74) is 0.931. The first-order valence-corrected chi connectivity index (χ1v) is 8.68. The van der Waals surface area contributed by atoms with Crippen molar-refractivity contribution < 1.29 is 9.47 Å². The van der Waals surface area contributed by atoms with Gasteiger partial charge < -0.3 is 14.5 Å². The average Bonchev–Trinajstić information content (AvgIpc) is 3.35. The second-order valence-corrected chi connectivity index (χ2v) is 6.22. The van der Waals surface area contributed by atoms with Gasteiger partial charge >= 0.3 is 0 Å². The van der Waals surface area contributed by atoms with Crippen LogP contribution in [0.5, 0.6) is 17.4 Å². The van der Waals surface area contributed by atoms with E-state index in [1.54, 1.807) is 19.5 Å². The molecule has 7 nitrogen and oxygen atoms in total. The molecule has 4 rings (SSSR count). The Morgan fingerprint density at radius 3 is 2.81 bits per heavy atom. The summed E-state index contributed by atoms with van der Waals surface area (Å²) in [7, 11) is 1.64. The lowest BCUT2D eigenvalue weighted by Gasteiger charge is -2.22. The second kappa shape index (κ2) is 7.53. The van der Waals surface area contributed by atoms with E-state index in [0.717, 1.165) is 43.2 Å². The van der Waals surface area contributed by atoms with Gasteiger partial charge in [0.15, 0.2) is 0 Å². The molecule has 0 spiro atoms. The van der Waals surface area contributed by atoms with Crippen molar-refractivity contribution in [3.05, 3.63) is 60.6 Å². The van der Waals surface area contributed by atoms with Crippen molar-refractivity contribution in [3.63, 3.8) is 0 Å². The largest absolute Gasteiger partial charge is 0.497 e. The first-order chi connectivity index (χ1) is 12.8. The number of benzene rings is 1. The average molecular weight is 351 g/mol. The zero-order chi connectivity index (χ0) is 17.8. The number of imidazole rings is 1. The molecule has 3 heterocycles. The van der Waals surface area contributed by atoms with Gasteiger partial charge in [0.05, 0.1) is 37.8 Å². The highest BCUT2D eigenvalue weighted by Gasteiger charge is 2.28. The molecule has 0 radical (unpaired) electrons. The van der Waals surface area contributed by atoms with Gasteiger partial charge in [-0.25, -0.2) is 9.97 Å². The van der Waals surface area contributed by atoms with E-state index in [-0.39, 0.29) is 6.04 Å². The third-order valence-corrected chi connectivity index (χ3v) is 4.53. The summed E-state index contributed by atoms with van der Waals surface area (Å²) in [6, 6.07) is 7.65. The SMILES string of the molecule is COc1ccc(Oc2cncc([C@@H]3CCCN3Cc3ncc[nH]3)n2)cc1. The van der Waals surface area contributed by atoms with Gasteiger partial charge in [0.1, 0.15) is 17.3 Å². The molecule has 1 atom stereocenters. The zero-order valence-corrected chi connectivity index (χ0v) is 14.6. The molecule has 0 unspecified atom stereocenters. The van der Waals surface area contributed by atoms with Gasteiger partial charge in [0, 0.05) is 12.4 Å². The van der Waals surface area contributed by atoms with Crippen LogP contribution in [-0.4, -0.2) is 38.5 Å². The number of hydrogen-bond donors (Lipinski definition) is 1. The van der Waals surface area contributed by atoms with Gasteiger partial charge in [-0.1, -0.05) is 0 Å². The molecule has 134 valence electrons. The minimum Gasteiger partial charge on any atom is -0.497 e. The lowest BCUT2D eigenvalue weighted by Crippen LogP contribution is -2.24. The van der Waals surface area contributed by atoms with Crippen LogP contribution in [0.2, 0.25) is 0 Å². The molecule has 7 heteroatoms. The van der Waals surface area contributed by atoms with E-state index in [9.17, 15) is 0 Å². The normalized spacial score (nSPS) is 17.3. The number of H-pyrrole nitrogens is 1. The van der Waals surface area contributed by atoms with Crippen LogP contribution in [0.25, 0.3) is 0 Å². The highest BCUT2D eigenvalue weighted by Crippen LogP contribution is 2.32. The molecule has 1 aliphatic rings. The molecule has 1 aliphatic heterocycles. The molecule has 26 heavy (non-hydrogen) atoms. The minimum absolute atomic E-state index is 0.229. The number of likely N-dealkylation sites (tertiary alicyclic amines) is 1. The summed E-state index contributed by atoms with van der Waals surface area (Å²) in [6.45, 7) is 1.81. The van der Waals surface area contributed by atoms with Gasteiger partial charge in [-0.05, 0) is 43.7 Å². The number of nitrogens with one attached hydrogen (secondary N) is 1. The topological polar surface area (TPSA) is 76.2 Å². The maximum absolute atomic E-state index is 5.85. The van der Waals surface area contributed by atoms with Crippen LogP contribution in [0.3, 0.4) is 0 Å². The molecule has 1 aromatic carbocycles. The fraction of sp³-hybridized carbons (Fsp3) is 0.316. The lowest BCUT2D eigenvalue weighted by molar-refractivity contribution is 0.237. The van der Waals surface area contributed by atoms with Crippen molar-refractivity contribution in [3.8, 4) is 17.4 Å². The van der Waals surface area contributed by atoms with Crippen molar-refractivity contribution >= 4 is 0 Å². The number of methoxy groups -OCH3 is 1. The van der Waals surface area contributed by atoms with Gasteiger partial charge in [0.2, 0.25) is 5.88 Å². The first-order valence-electron chi connectivity index (χ1n) is 8.68. The number of hydrogen-bond acceptors (Lipinski definition) is 6. The minimum atomic E-state index is 0.229. The van der Waals surface area contributed by atoms with Gasteiger partial charge in [-0.2, -0.15) is 0 Å². The first kappa shape index (κ1) is 16.5.